The predicted molar refractivity (Wildman–Crippen MR) is 161 cm³/mol. The third-order valence-corrected chi connectivity index (χ3v) is 8.05. The molecule has 1 aliphatic heterocycles. The van der Waals surface area contributed by atoms with Crippen LogP contribution in [-0.4, -0.2) is 59.5 Å². The molecule has 1 aliphatic carbocycles. The second-order valence-corrected chi connectivity index (χ2v) is 10.8. The van der Waals surface area contributed by atoms with E-state index in [9.17, 15) is 9.59 Å². The summed E-state index contributed by atoms with van der Waals surface area (Å²) in [5.74, 6) is 0.977. The maximum absolute atomic E-state index is 14.1. The van der Waals surface area contributed by atoms with Crippen molar-refractivity contribution in [2.45, 2.75) is 45.4 Å². The number of carbonyl (C=O) groups is 2. The Kier molecular flexibility index (Phi) is 10.6. The molecule has 0 amide bonds. The number of methoxy groups -OCH3 is 3. The van der Waals surface area contributed by atoms with E-state index in [2.05, 4.69) is 21.2 Å². The molecule has 0 radical (unpaired) electrons. The Hall–Kier alpha value is -3.50. The molecule has 226 valence electrons. The highest BCUT2D eigenvalue weighted by Gasteiger charge is 2.42. The van der Waals surface area contributed by atoms with Gasteiger partial charge in [0.05, 0.1) is 44.6 Å². The quantitative estimate of drug-likeness (QED) is 0.227. The van der Waals surface area contributed by atoms with Crippen LogP contribution in [0, 0.1) is 0 Å². The largest absolute Gasteiger partial charge is 0.493 e. The number of esters is 1. The average molecular weight is 645 g/mol. The van der Waals surface area contributed by atoms with E-state index in [0.717, 1.165) is 11.3 Å². The van der Waals surface area contributed by atoms with Crippen molar-refractivity contribution in [3.63, 3.8) is 0 Å². The van der Waals surface area contributed by atoms with E-state index in [0.29, 0.717) is 69.5 Å². The Balaban J connectivity index is 1.80. The lowest BCUT2D eigenvalue weighted by molar-refractivity contribution is -0.140. The molecule has 2 atom stereocenters. The first-order valence-corrected chi connectivity index (χ1v) is 14.8. The van der Waals surface area contributed by atoms with E-state index < -0.39 is 11.9 Å². The lowest BCUT2D eigenvalue weighted by atomic mass is 9.71. The highest BCUT2D eigenvalue weighted by Crippen LogP contribution is 2.49. The van der Waals surface area contributed by atoms with Gasteiger partial charge in [0, 0.05) is 35.9 Å². The molecule has 10 heteroatoms. The Morgan fingerprint density at radius 2 is 1.67 bits per heavy atom. The second kappa shape index (κ2) is 14.1. The maximum atomic E-state index is 14.1. The maximum Gasteiger partial charge on any atom is 0.336 e. The van der Waals surface area contributed by atoms with Crippen molar-refractivity contribution in [1.82, 2.24) is 5.32 Å². The summed E-state index contributed by atoms with van der Waals surface area (Å²) in [6.45, 7) is 6.93. The Bertz CT molecular complexity index is 1400. The van der Waals surface area contributed by atoms with E-state index in [1.54, 1.807) is 21.3 Å². The summed E-state index contributed by atoms with van der Waals surface area (Å²) in [5, 5.41) is 3.39. The van der Waals surface area contributed by atoms with Crippen LogP contribution in [0.15, 0.2) is 57.3 Å². The fourth-order valence-electron chi connectivity index (χ4n) is 5.62. The fraction of sp³-hybridized carbons (Fsp3) is 0.438. The molecule has 0 fully saturated rings. The van der Waals surface area contributed by atoms with Crippen LogP contribution in [0.2, 0.25) is 0 Å². The van der Waals surface area contributed by atoms with Gasteiger partial charge in [-0.15, -0.1) is 0 Å². The van der Waals surface area contributed by atoms with E-state index in [1.165, 1.54) is 0 Å². The van der Waals surface area contributed by atoms with Crippen molar-refractivity contribution in [1.29, 1.82) is 0 Å². The van der Waals surface area contributed by atoms with Gasteiger partial charge in [-0.3, -0.25) is 4.79 Å². The van der Waals surface area contributed by atoms with Gasteiger partial charge in [0.1, 0.15) is 6.61 Å². The Morgan fingerprint density at radius 3 is 2.33 bits per heavy atom. The van der Waals surface area contributed by atoms with Crippen LogP contribution in [0.5, 0.6) is 23.0 Å². The van der Waals surface area contributed by atoms with Crippen molar-refractivity contribution in [2.75, 3.05) is 47.8 Å². The number of hydrogen-bond donors (Lipinski definition) is 1. The van der Waals surface area contributed by atoms with Crippen molar-refractivity contribution < 1.29 is 38.0 Å². The van der Waals surface area contributed by atoms with E-state index in [1.807, 2.05) is 51.1 Å². The molecule has 0 aromatic heterocycles. The highest BCUT2D eigenvalue weighted by atomic mass is 79.9. The van der Waals surface area contributed by atoms with Gasteiger partial charge >= 0.3 is 5.97 Å². The first kappa shape index (κ1) is 31.4. The number of benzene rings is 2. The zero-order valence-corrected chi connectivity index (χ0v) is 26.5. The zero-order valence-electron chi connectivity index (χ0n) is 24.9. The monoisotopic (exact) mass is 643 g/mol. The second-order valence-electron chi connectivity index (χ2n) is 9.93. The first-order valence-electron chi connectivity index (χ1n) is 14.0. The van der Waals surface area contributed by atoms with Crippen LogP contribution in [0.3, 0.4) is 0 Å². The third kappa shape index (κ3) is 6.44. The van der Waals surface area contributed by atoms with E-state index in [4.69, 9.17) is 28.4 Å². The van der Waals surface area contributed by atoms with Crippen molar-refractivity contribution in [2.24, 2.45) is 0 Å². The van der Waals surface area contributed by atoms with Gasteiger partial charge in [0.2, 0.25) is 0 Å². The number of carbonyl (C=O) groups excluding carboxylic acids is 2. The van der Waals surface area contributed by atoms with Crippen molar-refractivity contribution in [3.8, 4) is 23.0 Å². The molecule has 0 bridgehead atoms. The van der Waals surface area contributed by atoms with Crippen LogP contribution in [0.1, 0.15) is 56.6 Å². The minimum atomic E-state index is -0.666. The average Bonchev–Trinajstić information content (AvgIpc) is 2.98. The smallest absolute Gasteiger partial charge is 0.336 e. The molecule has 9 nitrogen and oxygen atoms in total. The molecule has 0 unspecified atom stereocenters. The van der Waals surface area contributed by atoms with Crippen LogP contribution >= 0.6 is 15.9 Å². The molecular weight excluding hydrogens is 606 g/mol. The number of ether oxygens (including phenoxy) is 6. The van der Waals surface area contributed by atoms with Crippen LogP contribution in [0.4, 0.5) is 0 Å². The molecule has 4 rings (SSSR count). The lowest BCUT2D eigenvalue weighted by Crippen LogP contribution is -2.36. The number of ketones is 1. The molecular formula is C32H38BrNO8. The number of nitrogens with one attached hydrogen (secondary N) is 1. The first-order chi connectivity index (χ1) is 20.3. The Morgan fingerprint density at radius 1 is 0.929 bits per heavy atom. The number of allylic oxidation sites excluding steroid dienone is 3. The van der Waals surface area contributed by atoms with Crippen LogP contribution in [0.25, 0.3) is 0 Å². The standard InChI is InChI=1S/C32H38BrNO8/c1-7-40-11-12-42-32(36)28-18(3)34-23-14-20(19-9-10-25(37-4)26(16-19)38-5)15-24(35)30(23)29(28)21-13-22(33)31(39-6)27(17-21)41-8-2/h9-10,13,16-17,20,29,34H,7-8,11-12,14-15H2,1-6H3/t20-,29-/m1/s1. The lowest BCUT2D eigenvalue weighted by Gasteiger charge is -2.37. The normalized spacial score (nSPS) is 18.3. The number of halogens is 1. The molecule has 1 N–H and O–H groups in total. The van der Waals surface area contributed by atoms with Gasteiger partial charge in [-0.1, -0.05) is 6.07 Å². The fourth-order valence-corrected chi connectivity index (χ4v) is 6.24. The summed E-state index contributed by atoms with van der Waals surface area (Å²) in [6, 6.07) is 9.44. The van der Waals surface area contributed by atoms with Gasteiger partial charge < -0.3 is 33.7 Å². The summed E-state index contributed by atoms with van der Waals surface area (Å²) in [4.78, 5) is 27.6. The molecule has 42 heavy (non-hydrogen) atoms. The minimum absolute atomic E-state index is 0.0504. The number of hydrogen-bond acceptors (Lipinski definition) is 9. The van der Waals surface area contributed by atoms with Gasteiger partial charge in [-0.05, 0) is 84.4 Å². The highest BCUT2D eigenvalue weighted by molar-refractivity contribution is 9.10. The van der Waals surface area contributed by atoms with Gasteiger partial charge in [-0.25, -0.2) is 4.79 Å². The van der Waals surface area contributed by atoms with E-state index in [-0.39, 0.29) is 31.3 Å². The van der Waals surface area contributed by atoms with Gasteiger partial charge in [0.25, 0.3) is 0 Å². The van der Waals surface area contributed by atoms with Crippen LogP contribution < -0.4 is 24.3 Å². The van der Waals surface area contributed by atoms with Crippen molar-refractivity contribution in [3.05, 3.63) is 68.5 Å². The zero-order chi connectivity index (χ0) is 30.4. The summed E-state index contributed by atoms with van der Waals surface area (Å²) >= 11 is 3.60. The Labute approximate surface area is 255 Å². The molecule has 1 heterocycles. The molecule has 0 saturated carbocycles. The summed E-state index contributed by atoms with van der Waals surface area (Å²) < 4.78 is 34.0. The molecule has 2 aromatic carbocycles. The number of dihydropyridines is 1. The topological polar surface area (TPSA) is 102 Å². The van der Waals surface area contributed by atoms with Crippen LogP contribution in [-0.2, 0) is 19.1 Å². The predicted octanol–water partition coefficient (Wildman–Crippen LogP) is 5.81. The van der Waals surface area contributed by atoms with E-state index >= 15 is 0 Å². The van der Waals surface area contributed by atoms with Gasteiger partial charge in [-0.2, -0.15) is 0 Å². The minimum Gasteiger partial charge on any atom is -0.493 e. The molecule has 0 saturated heterocycles. The molecule has 0 spiro atoms. The number of rotatable bonds is 12. The molecule has 2 aromatic rings. The van der Waals surface area contributed by atoms with Crippen molar-refractivity contribution >= 4 is 27.7 Å². The molecule has 2 aliphatic rings. The summed E-state index contributed by atoms with van der Waals surface area (Å²) in [6.07, 6.45) is 0.848. The SMILES string of the molecule is CCOCCOC(=O)C1=C(C)NC2=C(C(=O)C[C@H](c3ccc(OC)c(OC)c3)C2)[C@@H]1c1cc(Br)c(OC)c(OCC)c1. The third-order valence-electron chi connectivity index (χ3n) is 7.46. The number of Topliss-reactive ketones (excluding diaryl/α,β-unsaturated/α-hetero) is 1. The summed E-state index contributed by atoms with van der Waals surface area (Å²) in [5.41, 5.74) is 4.03. The van der Waals surface area contributed by atoms with Gasteiger partial charge in [0.15, 0.2) is 28.8 Å². The summed E-state index contributed by atoms with van der Waals surface area (Å²) in [7, 11) is 4.75.